The van der Waals surface area contributed by atoms with Crippen LogP contribution >= 0.6 is 11.8 Å². The lowest BCUT2D eigenvalue weighted by Gasteiger charge is -2.25. The Morgan fingerprint density at radius 1 is 1.40 bits per heavy atom. The molecule has 3 unspecified atom stereocenters. The van der Waals surface area contributed by atoms with E-state index in [9.17, 15) is 9.90 Å². The quantitative estimate of drug-likeness (QED) is 0.802. The lowest BCUT2D eigenvalue weighted by Crippen LogP contribution is -2.27. The summed E-state index contributed by atoms with van der Waals surface area (Å²) in [4.78, 5) is 12.5. The van der Waals surface area contributed by atoms with E-state index < -0.39 is 5.97 Å². The summed E-state index contributed by atoms with van der Waals surface area (Å²) in [6, 6.07) is 6.24. The number of carboxylic acids is 1. The molecule has 2 saturated carbocycles. The van der Waals surface area contributed by atoms with Crippen LogP contribution in [0.25, 0.3) is 0 Å². The van der Waals surface area contributed by atoms with E-state index in [0.29, 0.717) is 11.6 Å². The number of hydrogen-bond donors (Lipinski definition) is 2. The minimum atomic E-state index is -0.827. The van der Waals surface area contributed by atoms with Gasteiger partial charge in [0.15, 0.2) is 0 Å². The van der Waals surface area contributed by atoms with Crippen molar-refractivity contribution in [2.24, 2.45) is 11.8 Å². The second-order valence-electron chi connectivity index (χ2n) is 5.84. The van der Waals surface area contributed by atoms with Crippen molar-refractivity contribution in [3.63, 3.8) is 0 Å². The smallest absolute Gasteiger partial charge is 0.338 e. The lowest BCUT2D eigenvalue weighted by molar-refractivity contribution is 0.0694. The van der Waals surface area contributed by atoms with E-state index in [1.54, 1.807) is 11.8 Å². The fraction of sp³-hybridized carbons (Fsp3) is 0.562. The third-order valence-corrected chi connectivity index (χ3v) is 5.56. The van der Waals surface area contributed by atoms with Crippen LogP contribution in [0.3, 0.4) is 0 Å². The van der Waals surface area contributed by atoms with Crippen LogP contribution in [0.2, 0.25) is 0 Å². The van der Waals surface area contributed by atoms with Crippen LogP contribution in [0.15, 0.2) is 23.1 Å². The Morgan fingerprint density at radius 3 is 2.85 bits per heavy atom. The Bertz CT molecular complexity index is 517. The Morgan fingerprint density at radius 2 is 2.25 bits per heavy atom. The number of aromatic carboxylic acids is 1. The van der Waals surface area contributed by atoms with E-state index in [0.717, 1.165) is 28.2 Å². The first-order valence-corrected chi connectivity index (χ1v) is 8.43. The number of benzene rings is 1. The van der Waals surface area contributed by atoms with Gasteiger partial charge in [0.05, 0.1) is 11.3 Å². The predicted octanol–water partition coefficient (Wildman–Crippen LogP) is 4.10. The molecule has 0 radical (unpaired) electrons. The van der Waals surface area contributed by atoms with Gasteiger partial charge in [-0.05, 0) is 49.0 Å². The highest BCUT2D eigenvalue weighted by Gasteiger charge is 2.39. The van der Waals surface area contributed by atoms with Crippen LogP contribution in [-0.2, 0) is 0 Å². The predicted molar refractivity (Wildman–Crippen MR) is 82.7 cm³/mol. The summed E-state index contributed by atoms with van der Waals surface area (Å²) < 4.78 is 0. The van der Waals surface area contributed by atoms with Crippen molar-refractivity contribution in [1.82, 2.24) is 0 Å². The minimum absolute atomic E-state index is 0.446. The van der Waals surface area contributed by atoms with Gasteiger partial charge in [0.1, 0.15) is 0 Å². The molecule has 2 fully saturated rings. The van der Waals surface area contributed by atoms with E-state index in [1.165, 1.54) is 25.7 Å². The normalized spacial score (nSPS) is 27.8. The number of thioether (sulfide) groups is 1. The molecule has 0 spiro atoms. The summed E-state index contributed by atoms with van der Waals surface area (Å²) >= 11 is 1.60. The second kappa shape index (κ2) is 5.68. The van der Waals surface area contributed by atoms with Crippen molar-refractivity contribution >= 4 is 23.4 Å². The number of rotatable bonds is 5. The summed E-state index contributed by atoms with van der Waals surface area (Å²) in [5, 5.41) is 13.1. The van der Waals surface area contributed by atoms with E-state index in [2.05, 4.69) is 5.32 Å². The first-order valence-electron chi connectivity index (χ1n) is 7.44. The largest absolute Gasteiger partial charge is 0.478 e. The van der Waals surface area contributed by atoms with E-state index in [-0.39, 0.29) is 0 Å². The van der Waals surface area contributed by atoms with E-state index >= 15 is 0 Å². The van der Waals surface area contributed by atoms with Gasteiger partial charge in [0, 0.05) is 10.9 Å². The average molecular weight is 291 g/mol. The molecule has 0 heterocycles. The van der Waals surface area contributed by atoms with Crippen molar-refractivity contribution in [2.45, 2.75) is 43.5 Å². The molecule has 1 aromatic rings. The van der Waals surface area contributed by atoms with Crippen LogP contribution in [0, 0.1) is 11.8 Å². The summed E-state index contributed by atoms with van der Waals surface area (Å²) in [5.41, 5.74) is 1.25. The molecule has 108 valence electrons. The lowest BCUT2D eigenvalue weighted by atomic mass is 9.95. The highest BCUT2D eigenvalue weighted by Crippen LogP contribution is 2.46. The van der Waals surface area contributed by atoms with Gasteiger partial charge in [-0.15, -0.1) is 11.8 Å². The number of hydrogen-bond acceptors (Lipinski definition) is 3. The van der Waals surface area contributed by atoms with Crippen molar-refractivity contribution in [3.8, 4) is 0 Å². The van der Waals surface area contributed by atoms with Crippen LogP contribution in [0.5, 0.6) is 0 Å². The Balaban J connectivity index is 1.85. The van der Waals surface area contributed by atoms with Gasteiger partial charge in [0.2, 0.25) is 0 Å². The molecular weight excluding hydrogens is 270 g/mol. The zero-order valence-electron chi connectivity index (χ0n) is 11.8. The third-order valence-electron chi connectivity index (χ3n) is 4.62. The summed E-state index contributed by atoms with van der Waals surface area (Å²) in [6.07, 6.45) is 5.19. The van der Waals surface area contributed by atoms with Gasteiger partial charge in [-0.2, -0.15) is 0 Å². The van der Waals surface area contributed by atoms with Gasteiger partial charge in [-0.1, -0.05) is 19.4 Å². The molecule has 0 aliphatic heterocycles. The third kappa shape index (κ3) is 2.53. The second-order valence-corrected chi connectivity index (χ2v) is 7.15. The zero-order valence-corrected chi connectivity index (χ0v) is 12.6. The maximum absolute atomic E-state index is 11.6. The Kier molecular flexibility index (Phi) is 3.92. The molecule has 0 saturated heterocycles. The van der Waals surface area contributed by atoms with Crippen molar-refractivity contribution < 1.29 is 9.90 Å². The number of anilines is 1. The van der Waals surface area contributed by atoms with Gasteiger partial charge < -0.3 is 10.4 Å². The molecule has 0 amide bonds. The van der Waals surface area contributed by atoms with Gasteiger partial charge in [-0.3, -0.25) is 0 Å². The molecule has 2 bridgehead atoms. The number of carboxylic acid groups (broad SMARTS) is 1. The van der Waals surface area contributed by atoms with Gasteiger partial charge in [-0.25, -0.2) is 4.79 Å². The molecule has 20 heavy (non-hydrogen) atoms. The first kappa shape index (κ1) is 13.8. The summed E-state index contributed by atoms with van der Waals surface area (Å²) in [7, 11) is 0. The monoisotopic (exact) mass is 291 g/mol. The SMILES string of the molecule is CCSc1cccc(NC2CC3CCC2C3)c1C(=O)O. The van der Waals surface area contributed by atoms with Crippen LogP contribution in [-0.4, -0.2) is 22.9 Å². The van der Waals surface area contributed by atoms with Gasteiger partial charge in [0.25, 0.3) is 0 Å². The van der Waals surface area contributed by atoms with E-state index in [4.69, 9.17) is 0 Å². The molecule has 3 rings (SSSR count). The van der Waals surface area contributed by atoms with E-state index in [1.807, 2.05) is 25.1 Å². The van der Waals surface area contributed by atoms with Crippen LogP contribution in [0.4, 0.5) is 5.69 Å². The molecule has 2 aliphatic carbocycles. The zero-order chi connectivity index (χ0) is 14.1. The highest BCUT2D eigenvalue weighted by atomic mass is 32.2. The van der Waals surface area contributed by atoms with Crippen molar-refractivity contribution in [3.05, 3.63) is 23.8 Å². The number of fused-ring (bicyclic) bond motifs is 2. The molecule has 2 aliphatic rings. The molecule has 0 aromatic heterocycles. The van der Waals surface area contributed by atoms with Crippen molar-refractivity contribution in [1.29, 1.82) is 0 Å². The maximum atomic E-state index is 11.6. The topological polar surface area (TPSA) is 49.3 Å². The maximum Gasteiger partial charge on any atom is 0.338 e. The number of nitrogens with one attached hydrogen (secondary N) is 1. The molecule has 2 N–H and O–H groups in total. The van der Waals surface area contributed by atoms with Gasteiger partial charge >= 0.3 is 5.97 Å². The van der Waals surface area contributed by atoms with Crippen molar-refractivity contribution in [2.75, 3.05) is 11.1 Å². The standard InChI is InChI=1S/C16H21NO2S/c1-2-20-14-5-3-4-12(15(14)16(18)19)17-13-9-10-6-7-11(13)8-10/h3-5,10-11,13,17H,2,6-9H2,1H3,(H,18,19). The molecule has 1 aromatic carbocycles. The molecular formula is C16H21NO2S. The Labute approximate surface area is 124 Å². The molecule has 3 atom stereocenters. The fourth-order valence-electron chi connectivity index (χ4n) is 3.77. The van der Waals surface area contributed by atoms with Crippen LogP contribution < -0.4 is 5.32 Å². The average Bonchev–Trinajstić information content (AvgIpc) is 3.01. The number of carbonyl (C=O) groups is 1. The highest BCUT2D eigenvalue weighted by molar-refractivity contribution is 7.99. The summed E-state index contributed by atoms with van der Waals surface area (Å²) in [6.45, 7) is 2.05. The molecule has 4 heteroatoms. The van der Waals surface area contributed by atoms with Crippen LogP contribution in [0.1, 0.15) is 43.0 Å². The summed E-state index contributed by atoms with van der Waals surface area (Å²) in [5.74, 6) is 1.66. The Hall–Kier alpha value is -1.16. The fourth-order valence-corrected chi connectivity index (χ4v) is 4.60. The minimum Gasteiger partial charge on any atom is -0.478 e. The first-order chi connectivity index (χ1) is 9.69. The molecule has 3 nitrogen and oxygen atoms in total.